The van der Waals surface area contributed by atoms with Gasteiger partial charge in [0.1, 0.15) is 0 Å². The molecule has 0 saturated carbocycles. The SMILES string of the molecule is CCCCN(C)C(=O)C1CCN(C(=O)c2ccccc2C(=O)c2ccc(Br)cc2)CC1. The second kappa shape index (κ2) is 10.7. The normalized spacial score (nSPS) is 14.4. The predicted octanol–water partition coefficient (Wildman–Crippen LogP) is 4.79. The minimum absolute atomic E-state index is 0.0365. The molecule has 1 saturated heterocycles. The van der Waals surface area contributed by atoms with Gasteiger partial charge in [0.2, 0.25) is 5.91 Å². The van der Waals surface area contributed by atoms with Gasteiger partial charge in [-0.2, -0.15) is 0 Å². The van der Waals surface area contributed by atoms with Crippen LogP contribution in [0.15, 0.2) is 53.0 Å². The largest absolute Gasteiger partial charge is 0.346 e. The fourth-order valence-corrected chi connectivity index (χ4v) is 4.21. The first-order chi connectivity index (χ1) is 14.9. The summed E-state index contributed by atoms with van der Waals surface area (Å²) >= 11 is 3.38. The third kappa shape index (κ3) is 5.62. The fraction of sp³-hybridized carbons (Fsp3) is 0.400. The maximum Gasteiger partial charge on any atom is 0.254 e. The average molecular weight is 485 g/mol. The van der Waals surface area contributed by atoms with Crippen molar-refractivity contribution in [3.63, 3.8) is 0 Å². The van der Waals surface area contributed by atoms with Gasteiger partial charge >= 0.3 is 0 Å². The van der Waals surface area contributed by atoms with Crippen molar-refractivity contribution >= 4 is 33.5 Å². The second-order valence-corrected chi connectivity index (χ2v) is 8.98. The van der Waals surface area contributed by atoms with E-state index in [1.807, 2.05) is 24.1 Å². The highest BCUT2D eigenvalue weighted by atomic mass is 79.9. The molecule has 0 N–H and O–H groups in total. The Morgan fingerprint density at radius 2 is 1.61 bits per heavy atom. The molecule has 1 aliphatic rings. The molecule has 6 heteroatoms. The van der Waals surface area contributed by atoms with Crippen molar-refractivity contribution in [2.75, 3.05) is 26.7 Å². The molecular weight excluding hydrogens is 456 g/mol. The topological polar surface area (TPSA) is 57.7 Å². The van der Waals surface area contributed by atoms with E-state index in [1.54, 1.807) is 41.3 Å². The maximum atomic E-state index is 13.2. The minimum atomic E-state index is -0.168. The van der Waals surface area contributed by atoms with Gasteiger partial charge in [-0.25, -0.2) is 0 Å². The number of amides is 2. The summed E-state index contributed by atoms with van der Waals surface area (Å²) < 4.78 is 0.895. The molecule has 0 unspecified atom stereocenters. The lowest BCUT2D eigenvalue weighted by atomic mass is 9.93. The van der Waals surface area contributed by atoms with E-state index >= 15 is 0 Å². The predicted molar refractivity (Wildman–Crippen MR) is 125 cm³/mol. The summed E-state index contributed by atoms with van der Waals surface area (Å²) in [5, 5.41) is 0. The van der Waals surface area contributed by atoms with Gasteiger partial charge in [-0.3, -0.25) is 14.4 Å². The van der Waals surface area contributed by atoms with Gasteiger partial charge in [-0.05, 0) is 49.6 Å². The van der Waals surface area contributed by atoms with Crippen molar-refractivity contribution in [3.8, 4) is 0 Å². The zero-order valence-electron chi connectivity index (χ0n) is 18.1. The molecule has 2 aromatic carbocycles. The quantitative estimate of drug-likeness (QED) is 0.530. The van der Waals surface area contributed by atoms with Gasteiger partial charge in [0.15, 0.2) is 5.78 Å². The lowest BCUT2D eigenvalue weighted by Crippen LogP contribution is -2.44. The van der Waals surface area contributed by atoms with Gasteiger partial charge in [0.05, 0.1) is 5.56 Å². The third-order valence-corrected chi connectivity index (χ3v) is 6.39. The van der Waals surface area contributed by atoms with Gasteiger partial charge in [0, 0.05) is 48.2 Å². The summed E-state index contributed by atoms with van der Waals surface area (Å²) in [4.78, 5) is 42.5. The first kappa shape index (κ1) is 23.2. The second-order valence-electron chi connectivity index (χ2n) is 8.06. The molecule has 1 heterocycles. The van der Waals surface area contributed by atoms with Crippen LogP contribution in [0.3, 0.4) is 0 Å². The molecule has 0 aliphatic carbocycles. The smallest absolute Gasteiger partial charge is 0.254 e. The van der Waals surface area contributed by atoms with Gasteiger partial charge in [-0.15, -0.1) is 0 Å². The number of unbranched alkanes of at least 4 members (excludes halogenated alkanes) is 1. The molecule has 0 radical (unpaired) electrons. The monoisotopic (exact) mass is 484 g/mol. The molecular formula is C25H29BrN2O3. The molecule has 0 spiro atoms. The highest BCUT2D eigenvalue weighted by molar-refractivity contribution is 9.10. The van der Waals surface area contributed by atoms with E-state index in [9.17, 15) is 14.4 Å². The number of carbonyl (C=O) groups is 3. The third-order valence-electron chi connectivity index (χ3n) is 5.86. The summed E-state index contributed by atoms with van der Waals surface area (Å²) in [6.45, 7) is 3.94. The number of nitrogens with zero attached hydrogens (tertiary/aromatic N) is 2. The highest BCUT2D eigenvalue weighted by Crippen LogP contribution is 2.23. The summed E-state index contributed by atoms with van der Waals surface area (Å²) in [5.74, 6) is -0.178. The van der Waals surface area contributed by atoms with Crippen molar-refractivity contribution in [1.82, 2.24) is 9.80 Å². The van der Waals surface area contributed by atoms with Crippen molar-refractivity contribution in [2.45, 2.75) is 32.6 Å². The molecule has 5 nitrogen and oxygen atoms in total. The molecule has 2 amide bonds. The summed E-state index contributed by atoms with van der Waals surface area (Å²) in [6.07, 6.45) is 3.37. The number of hydrogen-bond donors (Lipinski definition) is 0. The Balaban J connectivity index is 1.69. The van der Waals surface area contributed by atoms with Gasteiger partial charge in [-0.1, -0.05) is 47.5 Å². The Labute approximate surface area is 192 Å². The number of benzene rings is 2. The number of rotatable bonds is 7. The number of halogens is 1. The first-order valence-corrected chi connectivity index (χ1v) is 11.6. The number of likely N-dealkylation sites (tertiary alicyclic amines) is 1. The Morgan fingerprint density at radius 1 is 1.00 bits per heavy atom. The lowest BCUT2D eigenvalue weighted by Gasteiger charge is -2.33. The zero-order chi connectivity index (χ0) is 22.4. The number of carbonyl (C=O) groups excluding carboxylic acids is 3. The highest BCUT2D eigenvalue weighted by Gasteiger charge is 2.30. The summed E-state index contributed by atoms with van der Waals surface area (Å²) in [7, 11) is 1.86. The average Bonchev–Trinajstić information content (AvgIpc) is 2.81. The standard InChI is InChI=1S/C25H29BrN2O3/c1-3-4-15-27(2)24(30)19-13-16-28(17-14-19)25(31)22-8-6-5-7-21(22)23(29)18-9-11-20(26)12-10-18/h5-12,19H,3-4,13-17H2,1-2H3. The van der Waals surface area contributed by atoms with Crippen LogP contribution in [0.5, 0.6) is 0 Å². The number of piperidine rings is 1. The molecule has 2 aromatic rings. The summed E-state index contributed by atoms with van der Waals surface area (Å²) in [5.41, 5.74) is 1.37. The van der Waals surface area contributed by atoms with Crippen LogP contribution in [0, 0.1) is 5.92 Å². The minimum Gasteiger partial charge on any atom is -0.346 e. The first-order valence-electron chi connectivity index (χ1n) is 10.9. The molecule has 3 rings (SSSR count). The van der Waals surface area contributed by atoms with Crippen LogP contribution in [0.25, 0.3) is 0 Å². The van der Waals surface area contributed by atoms with Crippen LogP contribution >= 0.6 is 15.9 Å². The van der Waals surface area contributed by atoms with E-state index in [0.29, 0.717) is 42.6 Å². The Kier molecular flexibility index (Phi) is 8.02. The van der Waals surface area contributed by atoms with E-state index in [1.165, 1.54) is 0 Å². The van der Waals surface area contributed by atoms with E-state index in [-0.39, 0.29) is 23.5 Å². The van der Waals surface area contributed by atoms with Crippen LogP contribution < -0.4 is 0 Å². The molecule has 0 bridgehead atoms. The van der Waals surface area contributed by atoms with E-state index in [4.69, 9.17) is 0 Å². The molecule has 164 valence electrons. The van der Waals surface area contributed by atoms with Crippen LogP contribution in [0.4, 0.5) is 0 Å². The molecule has 0 atom stereocenters. The Hall–Kier alpha value is -2.47. The Morgan fingerprint density at radius 3 is 2.23 bits per heavy atom. The molecule has 0 aromatic heterocycles. The van der Waals surface area contributed by atoms with Crippen LogP contribution in [0.1, 0.15) is 58.9 Å². The van der Waals surface area contributed by atoms with Crippen molar-refractivity contribution in [3.05, 3.63) is 69.7 Å². The van der Waals surface area contributed by atoms with Gasteiger partial charge < -0.3 is 9.80 Å². The van der Waals surface area contributed by atoms with E-state index in [2.05, 4.69) is 22.9 Å². The maximum absolute atomic E-state index is 13.2. The Bertz CT molecular complexity index is 934. The number of hydrogen-bond acceptors (Lipinski definition) is 3. The number of ketones is 1. The van der Waals surface area contributed by atoms with E-state index in [0.717, 1.165) is 23.9 Å². The molecule has 1 fully saturated rings. The zero-order valence-corrected chi connectivity index (χ0v) is 19.7. The van der Waals surface area contributed by atoms with E-state index < -0.39 is 0 Å². The fourth-order valence-electron chi connectivity index (χ4n) is 3.94. The molecule has 31 heavy (non-hydrogen) atoms. The summed E-state index contributed by atoms with van der Waals surface area (Å²) in [6, 6.07) is 14.1. The van der Waals surface area contributed by atoms with Crippen molar-refractivity contribution < 1.29 is 14.4 Å². The van der Waals surface area contributed by atoms with Gasteiger partial charge in [0.25, 0.3) is 5.91 Å². The lowest BCUT2D eigenvalue weighted by molar-refractivity contribution is -0.135. The molecule has 1 aliphatic heterocycles. The van der Waals surface area contributed by atoms with Crippen LogP contribution in [-0.2, 0) is 4.79 Å². The van der Waals surface area contributed by atoms with Crippen LogP contribution in [-0.4, -0.2) is 54.1 Å². The van der Waals surface area contributed by atoms with Crippen molar-refractivity contribution in [1.29, 1.82) is 0 Å². The van der Waals surface area contributed by atoms with Crippen molar-refractivity contribution in [2.24, 2.45) is 5.92 Å². The van der Waals surface area contributed by atoms with Crippen LogP contribution in [0.2, 0.25) is 0 Å².